The summed E-state index contributed by atoms with van der Waals surface area (Å²) in [7, 11) is 0. The molecule has 1 saturated heterocycles. The topological polar surface area (TPSA) is 132 Å². The molecule has 0 spiro atoms. The number of hydrogen-bond donors (Lipinski definition) is 1. The Hall–Kier alpha value is -4.19. The van der Waals surface area contributed by atoms with Gasteiger partial charge in [0.15, 0.2) is 5.65 Å². The predicted molar refractivity (Wildman–Crippen MR) is 129 cm³/mol. The van der Waals surface area contributed by atoms with Crippen molar-refractivity contribution in [2.45, 2.75) is 37.9 Å². The van der Waals surface area contributed by atoms with Crippen molar-refractivity contribution in [2.75, 3.05) is 18.9 Å². The van der Waals surface area contributed by atoms with Crippen LogP contribution < -0.4 is 11.3 Å². The maximum Gasteiger partial charge on any atom is 0.261 e. The number of aromatic nitrogens is 8. The molecule has 2 fully saturated rings. The molecule has 12 heteroatoms. The minimum absolute atomic E-state index is 0.0269. The molecule has 0 unspecified atom stereocenters. The van der Waals surface area contributed by atoms with Gasteiger partial charge in [0.25, 0.3) is 5.56 Å². The molecule has 11 nitrogen and oxygen atoms in total. The average Bonchev–Trinajstić information content (AvgIpc) is 3.42. The van der Waals surface area contributed by atoms with Gasteiger partial charge in [-0.1, -0.05) is 0 Å². The molecule has 36 heavy (non-hydrogen) atoms. The van der Waals surface area contributed by atoms with Crippen molar-refractivity contribution in [3.05, 3.63) is 58.9 Å². The van der Waals surface area contributed by atoms with Gasteiger partial charge in [-0.05, 0) is 38.0 Å². The molecule has 1 aliphatic carbocycles. The second-order valence-corrected chi connectivity index (χ2v) is 9.36. The van der Waals surface area contributed by atoms with Gasteiger partial charge in [-0.25, -0.2) is 24.0 Å². The third kappa shape index (κ3) is 3.14. The van der Waals surface area contributed by atoms with E-state index >= 15 is 0 Å². The number of nitrogens with zero attached hydrogens (tertiary/aromatic N) is 8. The van der Waals surface area contributed by atoms with E-state index in [1.54, 1.807) is 15.4 Å². The van der Waals surface area contributed by atoms with Gasteiger partial charge in [-0.3, -0.25) is 14.0 Å². The second kappa shape index (κ2) is 7.65. The summed E-state index contributed by atoms with van der Waals surface area (Å²) in [5.41, 5.74) is 8.39. The first-order valence-electron chi connectivity index (χ1n) is 11.8. The highest BCUT2D eigenvalue weighted by Crippen LogP contribution is 2.38. The number of halogens is 1. The van der Waals surface area contributed by atoms with Crippen LogP contribution in [0.3, 0.4) is 0 Å². The van der Waals surface area contributed by atoms with E-state index in [0.29, 0.717) is 47.1 Å². The number of benzene rings is 1. The summed E-state index contributed by atoms with van der Waals surface area (Å²) >= 11 is 0. The van der Waals surface area contributed by atoms with Crippen molar-refractivity contribution >= 4 is 27.8 Å². The Bertz CT molecular complexity index is 1710. The molecule has 1 saturated carbocycles. The first-order valence-corrected chi connectivity index (χ1v) is 11.8. The first-order chi connectivity index (χ1) is 17.5. The number of hydrogen-bond acceptors (Lipinski definition) is 8. The summed E-state index contributed by atoms with van der Waals surface area (Å²) in [5, 5.41) is 10.2. The van der Waals surface area contributed by atoms with Gasteiger partial charge in [-0.15, -0.1) is 0 Å². The van der Waals surface area contributed by atoms with E-state index < -0.39 is 11.9 Å². The van der Waals surface area contributed by atoms with Crippen LogP contribution >= 0.6 is 0 Å². The van der Waals surface area contributed by atoms with E-state index in [4.69, 9.17) is 20.6 Å². The lowest BCUT2D eigenvalue weighted by molar-refractivity contribution is -0.0286. The lowest BCUT2D eigenvalue weighted by Crippen LogP contribution is -2.30. The minimum atomic E-state index is -0.464. The van der Waals surface area contributed by atoms with Crippen molar-refractivity contribution in [3.8, 4) is 11.3 Å². The summed E-state index contributed by atoms with van der Waals surface area (Å²) in [6.07, 6.45) is 6.79. The fourth-order valence-electron chi connectivity index (χ4n) is 4.78. The summed E-state index contributed by atoms with van der Waals surface area (Å²) in [6, 6.07) is 3.85. The van der Waals surface area contributed by atoms with E-state index in [-0.39, 0.29) is 23.0 Å². The molecule has 5 aromatic rings. The van der Waals surface area contributed by atoms with Gasteiger partial charge in [0.1, 0.15) is 35.5 Å². The fraction of sp³-hybridized carbons (Fsp3) is 0.333. The van der Waals surface area contributed by atoms with Crippen molar-refractivity contribution in [1.82, 2.24) is 39.1 Å². The van der Waals surface area contributed by atoms with Gasteiger partial charge in [0, 0.05) is 17.8 Å². The zero-order valence-electron chi connectivity index (χ0n) is 19.4. The SMILES string of the molecule is C[C@@H](c1nc2ccc(F)cc2c(=O)n1C1CC1)n1nc(-c2cnn(C3COC3)c2)c2c(N)ncnc21. The van der Waals surface area contributed by atoms with Crippen LogP contribution in [0, 0.1) is 5.82 Å². The standard InChI is InChI=1S/C24H22FN9O2/c1-12(22-30-18-5-2-14(25)6-17(18)24(35)33(22)15-3-4-15)34-23-19(21(26)27-11-28-23)20(31-34)13-7-29-32(8-13)16-9-36-10-16/h2,5-8,11-12,15-16H,3-4,9-10H2,1H3,(H2,26,27,28)/t12-/m0/s1. The largest absolute Gasteiger partial charge is 0.383 e. The van der Waals surface area contributed by atoms with Crippen LogP contribution in [-0.4, -0.2) is 52.3 Å². The van der Waals surface area contributed by atoms with Crippen molar-refractivity contribution in [2.24, 2.45) is 0 Å². The molecule has 182 valence electrons. The third-order valence-electron chi connectivity index (χ3n) is 6.93. The summed E-state index contributed by atoms with van der Waals surface area (Å²) in [6.45, 7) is 3.16. The smallest absolute Gasteiger partial charge is 0.261 e. The molecule has 4 aromatic heterocycles. The van der Waals surface area contributed by atoms with Gasteiger partial charge >= 0.3 is 0 Å². The highest BCUT2D eigenvalue weighted by Gasteiger charge is 2.32. The van der Waals surface area contributed by atoms with E-state index in [9.17, 15) is 9.18 Å². The van der Waals surface area contributed by atoms with Gasteiger partial charge < -0.3 is 10.5 Å². The highest BCUT2D eigenvalue weighted by atomic mass is 19.1. The lowest BCUT2D eigenvalue weighted by Gasteiger charge is -2.25. The van der Waals surface area contributed by atoms with Gasteiger partial charge in [0.05, 0.1) is 41.7 Å². The summed E-state index contributed by atoms with van der Waals surface area (Å²) < 4.78 is 24.5. The molecular weight excluding hydrogens is 465 g/mol. The van der Waals surface area contributed by atoms with Crippen LogP contribution in [0.5, 0.6) is 0 Å². The molecule has 1 atom stereocenters. The Balaban J connectivity index is 1.42. The second-order valence-electron chi connectivity index (χ2n) is 9.36. The van der Waals surface area contributed by atoms with E-state index in [1.165, 1.54) is 24.5 Å². The van der Waals surface area contributed by atoms with Crippen LogP contribution in [-0.2, 0) is 4.74 Å². The van der Waals surface area contributed by atoms with E-state index in [2.05, 4.69) is 15.1 Å². The minimum Gasteiger partial charge on any atom is -0.383 e. The van der Waals surface area contributed by atoms with Crippen LogP contribution in [0.4, 0.5) is 10.2 Å². The first kappa shape index (κ1) is 21.1. The maximum absolute atomic E-state index is 13.9. The Kier molecular flexibility index (Phi) is 4.49. The number of ether oxygens (including phenoxy) is 1. The monoisotopic (exact) mass is 487 g/mol. The van der Waals surface area contributed by atoms with Crippen LogP contribution in [0.2, 0.25) is 0 Å². The Labute approximate surface area is 203 Å². The molecule has 2 N–H and O–H groups in total. The quantitative estimate of drug-likeness (QED) is 0.400. The molecule has 0 bridgehead atoms. The van der Waals surface area contributed by atoms with Crippen molar-refractivity contribution < 1.29 is 9.13 Å². The number of anilines is 1. The number of fused-ring (bicyclic) bond motifs is 2. The lowest BCUT2D eigenvalue weighted by atomic mass is 10.2. The van der Waals surface area contributed by atoms with Crippen molar-refractivity contribution in [1.29, 1.82) is 0 Å². The maximum atomic E-state index is 13.9. The summed E-state index contributed by atoms with van der Waals surface area (Å²) in [4.78, 5) is 26.9. The number of nitrogen functional groups attached to an aromatic ring is 1. The normalized spacial score (nSPS) is 17.1. The number of rotatable bonds is 5. The van der Waals surface area contributed by atoms with Crippen LogP contribution in [0.1, 0.15) is 43.7 Å². The average molecular weight is 487 g/mol. The third-order valence-corrected chi connectivity index (χ3v) is 6.93. The van der Waals surface area contributed by atoms with Crippen LogP contribution in [0.25, 0.3) is 33.2 Å². The van der Waals surface area contributed by atoms with Crippen LogP contribution in [0.15, 0.2) is 41.7 Å². The molecule has 1 aliphatic heterocycles. The molecule has 5 heterocycles. The summed E-state index contributed by atoms with van der Waals surface area (Å²) in [5.74, 6) is 0.375. The Morgan fingerprint density at radius 1 is 1.19 bits per heavy atom. The Morgan fingerprint density at radius 3 is 2.78 bits per heavy atom. The molecule has 0 radical (unpaired) electrons. The van der Waals surface area contributed by atoms with E-state index in [0.717, 1.165) is 18.4 Å². The van der Waals surface area contributed by atoms with E-state index in [1.807, 2.05) is 17.8 Å². The van der Waals surface area contributed by atoms with Gasteiger partial charge in [-0.2, -0.15) is 10.2 Å². The zero-order valence-corrected chi connectivity index (χ0v) is 19.4. The van der Waals surface area contributed by atoms with Gasteiger partial charge in [0.2, 0.25) is 0 Å². The fourth-order valence-corrected chi connectivity index (χ4v) is 4.78. The molecule has 2 aliphatic rings. The van der Waals surface area contributed by atoms with Crippen molar-refractivity contribution in [3.63, 3.8) is 0 Å². The molecule has 0 amide bonds. The molecular formula is C24H22FN9O2. The number of nitrogens with two attached hydrogens (primary N) is 1. The predicted octanol–water partition coefficient (Wildman–Crippen LogP) is 2.64. The highest BCUT2D eigenvalue weighted by molar-refractivity contribution is 5.98. The Morgan fingerprint density at radius 2 is 2.03 bits per heavy atom. The zero-order chi connectivity index (χ0) is 24.6. The molecule has 1 aromatic carbocycles. The molecule has 7 rings (SSSR count).